The van der Waals surface area contributed by atoms with Crippen LogP contribution in [0.1, 0.15) is 34.1 Å². The molecule has 4 aromatic carbocycles. The number of hydrogen-bond donors (Lipinski definition) is 1. The Morgan fingerprint density at radius 2 is 1.38 bits per heavy atom. The lowest BCUT2D eigenvalue weighted by Crippen LogP contribution is -2.22. The fraction of sp³-hybridized carbons (Fsp3) is 0.171. The van der Waals surface area contributed by atoms with Gasteiger partial charge < -0.3 is 14.7 Å². The maximum absolute atomic E-state index is 10.9. The van der Waals surface area contributed by atoms with Gasteiger partial charge in [-0.2, -0.15) is 0 Å². The van der Waals surface area contributed by atoms with E-state index in [-0.39, 0.29) is 0 Å². The summed E-state index contributed by atoms with van der Waals surface area (Å²) in [6.07, 6.45) is -0.228. The van der Waals surface area contributed by atoms with E-state index in [4.69, 9.17) is 9.72 Å². The molecular formula is C35H34N2O2. The Balaban J connectivity index is 1.34. The van der Waals surface area contributed by atoms with Crippen LogP contribution in [0.2, 0.25) is 0 Å². The largest absolute Gasteiger partial charge is 0.497 e. The number of aliphatic hydroxyl groups excluding tert-OH is 1. The van der Waals surface area contributed by atoms with Gasteiger partial charge in [-0.1, -0.05) is 84.9 Å². The monoisotopic (exact) mass is 514 g/mol. The molecule has 0 aliphatic heterocycles. The van der Waals surface area contributed by atoms with Crippen molar-refractivity contribution in [1.82, 2.24) is 4.98 Å². The Labute approximate surface area is 231 Å². The first-order valence-corrected chi connectivity index (χ1v) is 13.3. The molecule has 0 fully saturated rings. The van der Waals surface area contributed by atoms with E-state index in [0.29, 0.717) is 6.42 Å². The standard InChI is InChI=1S/C35H34N2O2/c1-26-20-30(22-33(21-26)39-2)35(38)23-31-14-9-15-34(36-31)29-16-18-32(19-17-29)37(24-27-10-5-3-6-11-27)25-28-12-7-4-8-13-28/h3-22,35,38H,23-25H2,1-2H3. The van der Waals surface area contributed by atoms with E-state index >= 15 is 0 Å². The number of methoxy groups -OCH3 is 1. The minimum Gasteiger partial charge on any atom is -0.497 e. The number of anilines is 1. The third kappa shape index (κ3) is 6.92. The van der Waals surface area contributed by atoms with Crippen molar-refractivity contribution in [2.45, 2.75) is 32.5 Å². The predicted octanol–water partition coefficient (Wildman–Crippen LogP) is 7.55. The highest BCUT2D eigenvalue weighted by Gasteiger charge is 2.13. The van der Waals surface area contributed by atoms with Gasteiger partial charge in [0.1, 0.15) is 5.75 Å². The van der Waals surface area contributed by atoms with Gasteiger partial charge in [0.05, 0.1) is 18.9 Å². The third-order valence-corrected chi connectivity index (χ3v) is 6.86. The molecule has 4 nitrogen and oxygen atoms in total. The summed E-state index contributed by atoms with van der Waals surface area (Å²) < 4.78 is 5.38. The van der Waals surface area contributed by atoms with Crippen LogP contribution < -0.4 is 9.64 Å². The molecule has 1 heterocycles. The van der Waals surface area contributed by atoms with Crippen molar-refractivity contribution in [3.63, 3.8) is 0 Å². The van der Waals surface area contributed by atoms with Crippen LogP contribution in [0.3, 0.4) is 0 Å². The summed E-state index contributed by atoms with van der Waals surface area (Å²) in [4.78, 5) is 7.27. The molecule has 0 radical (unpaired) electrons. The van der Waals surface area contributed by atoms with Crippen LogP contribution in [0.15, 0.2) is 121 Å². The van der Waals surface area contributed by atoms with Crippen LogP contribution in [0.4, 0.5) is 5.69 Å². The number of nitrogens with zero attached hydrogens (tertiary/aromatic N) is 2. The van der Waals surface area contributed by atoms with Gasteiger partial charge in [-0.3, -0.25) is 4.98 Å². The molecule has 0 saturated heterocycles. The lowest BCUT2D eigenvalue weighted by atomic mass is 10.0. The first-order valence-electron chi connectivity index (χ1n) is 13.3. The highest BCUT2D eigenvalue weighted by atomic mass is 16.5. The lowest BCUT2D eigenvalue weighted by molar-refractivity contribution is 0.177. The molecule has 0 amide bonds. The number of aryl methyl sites for hydroxylation is 1. The number of benzene rings is 4. The van der Waals surface area contributed by atoms with E-state index < -0.39 is 6.10 Å². The van der Waals surface area contributed by atoms with Crippen molar-refractivity contribution in [3.05, 3.63) is 149 Å². The van der Waals surface area contributed by atoms with Gasteiger partial charge in [0.15, 0.2) is 0 Å². The predicted molar refractivity (Wildman–Crippen MR) is 159 cm³/mol. The zero-order valence-electron chi connectivity index (χ0n) is 22.5. The molecule has 39 heavy (non-hydrogen) atoms. The summed E-state index contributed by atoms with van der Waals surface area (Å²) in [5.41, 5.74) is 8.38. The molecule has 1 N–H and O–H groups in total. The highest BCUT2D eigenvalue weighted by Crippen LogP contribution is 2.27. The minimum absolute atomic E-state index is 0.431. The van der Waals surface area contributed by atoms with E-state index in [1.54, 1.807) is 7.11 Å². The van der Waals surface area contributed by atoms with Crippen LogP contribution in [0.5, 0.6) is 5.75 Å². The van der Waals surface area contributed by atoms with Gasteiger partial charge >= 0.3 is 0 Å². The molecule has 4 heteroatoms. The summed E-state index contributed by atoms with van der Waals surface area (Å²) in [5, 5.41) is 10.9. The number of aliphatic hydroxyl groups is 1. The van der Waals surface area contributed by atoms with Gasteiger partial charge in [-0.15, -0.1) is 0 Å². The average Bonchev–Trinajstić information content (AvgIpc) is 2.98. The molecular weight excluding hydrogens is 480 g/mol. The molecule has 0 aliphatic rings. The Morgan fingerprint density at radius 3 is 2.00 bits per heavy atom. The molecule has 0 saturated carbocycles. The molecule has 5 aromatic rings. The molecule has 0 aliphatic carbocycles. The summed E-state index contributed by atoms with van der Waals surface area (Å²) >= 11 is 0. The SMILES string of the molecule is COc1cc(C)cc(C(O)Cc2cccc(-c3ccc(N(Cc4ccccc4)Cc4ccccc4)cc3)n2)c1. The van der Waals surface area contributed by atoms with Crippen molar-refractivity contribution in [2.75, 3.05) is 12.0 Å². The third-order valence-electron chi connectivity index (χ3n) is 6.86. The van der Waals surface area contributed by atoms with Crippen molar-refractivity contribution < 1.29 is 9.84 Å². The van der Waals surface area contributed by atoms with Gasteiger partial charge in [-0.25, -0.2) is 0 Å². The number of rotatable bonds is 10. The van der Waals surface area contributed by atoms with E-state index in [2.05, 4.69) is 89.8 Å². The Morgan fingerprint density at radius 1 is 0.744 bits per heavy atom. The smallest absolute Gasteiger partial charge is 0.119 e. The molecule has 1 aromatic heterocycles. The van der Waals surface area contributed by atoms with Crippen LogP contribution in [-0.2, 0) is 19.5 Å². The number of hydrogen-bond acceptors (Lipinski definition) is 4. The van der Waals surface area contributed by atoms with E-state index in [9.17, 15) is 5.11 Å². The van der Waals surface area contributed by atoms with Gasteiger partial charge in [0.2, 0.25) is 0 Å². The Bertz CT molecular complexity index is 1440. The van der Waals surface area contributed by atoms with Crippen LogP contribution in [-0.4, -0.2) is 17.2 Å². The quantitative estimate of drug-likeness (QED) is 0.209. The van der Waals surface area contributed by atoms with Crippen molar-refractivity contribution >= 4 is 5.69 Å². The molecule has 1 unspecified atom stereocenters. The molecule has 0 spiro atoms. The summed E-state index contributed by atoms with van der Waals surface area (Å²) in [6.45, 7) is 3.65. The van der Waals surface area contributed by atoms with Gasteiger partial charge in [0.25, 0.3) is 0 Å². The van der Waals surface area contributed by atoms with E-state index in [1.165, 1.54) is 11.1 Å². The zero-order valence-corrected chi connectivity index (χ0v) is 22.5. The van der Waals surface area contributed by atoms with Crippen LogP contribution in [0, 0.1) is 6.92 Å². The van der Waals surface area contributed by atoms with Crippen molar-refractivity contribution in [3.8, 4) is 17.0 Å². The number of pyridine rings is 1. The molecule has 1 atom stereocenters. The Hall–Kier alpha value is -4.41. The Kier molecular flexibility index (Phi) is 8.35. The zero-order chi connectivity index (χ0) is 27.0. The first-order chi connectivity index (χ1) is 19.1. The summed E-state index contributed by atoms with van der Waals surface area (Å²) in [5.74, 6) is 0.749. The van der Waals surface area contributed by atoms with Crippen molar-refractivity contribution in [2.24, 2.45) is 0 Å². The normalized spacial score (nSPS) is 11.7. The minimum atomic E-state index is -0.659. The van der Waals surface area contributed by atoms with Gasteiger partial charge in [-0.05, 0) is 65.6 Å². The van der Waals surface area contributed by atoms with Gasteiger partial charge in [0, 0.05) is 36.5 Å². The second-order valence-electron chi connectivity index (χ2n) is 9.89. The topological polar surface area (TPSA) is 45.6 Å². The molecule has 0 bridgehead atoms. The van der Waals surface area contributed by atoms with E-state index in [0.717, 1.165) is 52.6 Å². The second-order valence-corrected chi connectivity index (χ2v) is 9.89. The average molecular weight is 515 g/mol. The highest BCUT2D eigenvalue weighted by molar-refractivity contribution is 5.63. The summed E-state index contributed by atoms with van der Waals surface area (Å²) in [6, 6.07) is 41.6. The van der Waals surface area contributed by atoms with E-state index in [1.807, 2.05) is 43.3 Å². The second kappa shape index (κ2) is 12.4. The first kappa shape index (κ1) is 26.2. The molecule has 5 rings (SSSR count). The summed E-state index contributed by atoms with van der Waals surface area (Å²) in [7, 11) is 1.64. The lowest BCUT2D eigenvalue weighted by Gasteiger charge is -2.25. The fourth-order valence-electron chi connectivity index (χ4n) is 4.85. The fourth-order valence-corrected chi connectivity index (χ4v) is 4.85. The van der Waals surface area contributed by atoms with Crippen LogP contribution in [0.25, 0.3) is 11.3 Å². The number of ether oxygens (including phenoxy) is 1. The van der Waals surface area contributed by atoms with Crippen molar-refractivity contribution in [1.29, 1.82) is 0 Å². The number of aromatic nitrogens is 1. The maximum atomic E-state index is 10.9. The van der Waals surface area contributed by atoms with Crippen LogP contribution >= 0.6 is 0 Å². The molecule has 196 valence electrons. The maximum Gasteiger partial charge on any atom is 0.119 e.